The lowest BCUT2D eigenvalue weighted by Crippen LogP contribution is -2.41. The number of aromatic amines is 1. The van der Waals surface area contributed by atoms with E-state index in [1.807, 2.05) is 6.07 Å². The molecule has 23 heavy (non-hydrogen) atoms. The minimum atomic E-state index is -0.364. The molecule has 0 bridgehead atoms. The van der Waals surface area contributed by atoms with Crippen molar-refractivity contribution in [1.82, 2.24) is 9.88 Å². The van der Waals surface area contributed by atoms with Gasteiger partial charge in [0.15, 0.2) is 0 Å². The molecule has 3 aromatic rings. The third kappa shape index (κ3) is 1.97. The molecule has 0 saturated heterocycles. The number of rotatable bonds is 1. The molecule has 2 aromatic carbocycles. The van der Waals surface area contributed by atoms with Crippen LogP contribution >= 0.6 is 0 Å². The third-order valence-corrected chi connectivity index (χ3v) is 5.55. The van der Waals surface area contributed by atoms with Gasteiger partial charge in [-0.1, -0.05) is 42.5 Å². The number of fused-ring (bicyclic) bond motifs is 4. The van der Waals surface area contributed by atoms with Crippen LogP contribution in [0.5, 0.6) is 0 Å². The highest BCUT2D eigenvalue weighted by Crippen LogP contribution is 2.37. The van der Waals surface area contributed by atoms with E-state index in [4.69, 9.17) is 0 Å². The molecule has 0 spiro atoms. The van der Waals surface area contributed by atoms with Crippen LogP contribution in [0.2, 0.25) is 0 Å². The van der Waals surface area contributed by atoms with Crippen molar-refractivity contribution in [2.24, 2.45) is 0 Å². The molecular weight excluding hydrogens is 284 g/mol. The molecule has 116 valence electrons. The van der Waals surface area contributed by atoms with Crippen LogP contribution in [0, 0.1) is 0 Å². The van der Waals surface area contributed by atoms with E-state index >= 15 is 0 Å². The summed E-state index contributed by atoms with van der Waals surface area (Å²) in [4.78, 5) is 6.03. The normalized spacial score (nSPS) is 23.9. The van der Waals surface area contributed by atoms with Gasteiger partial charge < -0.3 is 10.1 Å². The Kier molecular flexibility index (Phi) is 2.87. The van der Waals surface area contributed by atoms with Crippen molar-refractivity contribution in [2.75, 3.05) is 6.54 Å². The molecule has 3 nitrogen and oxygen atoms in total. The lowest BCUT2D eigenvalue weighted by Gasteiger charge is -2.34. The highest BCUT2D eigenvalue weighted by molar-refractivity contribution is 5.84. The Bertz CT molecular complexity index is 882. The van der Waals surface area contributed by atoms with Crippen LogP contribution in [0.4, 0.5) is 0 Å². The van der Waals surface area contributed by atoms with Crippen molar-refractivity contribution in [3.63, 3.8) is 0 Å². The third-order valence-electron chi connectivity index (χ3n) is 5.55. The first-order chi connectivity index (χ1) is 11.3. The minimum absolute atomic E-state index is 0.201. The molecule has 0 amide bonds. The maximum absolute atomic E-state index is 10.7. The molecule has 0 radical (unpaired) electrons. The van der Waals surface area contributed by atoms with Crippen molar-refractivity contribution < 1.29 is 5.11 Å². The van der Waals surface area contributed by atoms with E-state index in [1.54, 1.807) is 0 Å². The Morgan fingerprint density at radius 2 is 1.87 bits per heavy atom. The summed E-state index contributed by atoms with van der Waals surface area (Å²) in [5, 5.41) is 12.1. The Morgan fingerprint density at radius 3 is 2.78 bits per heavy atom. The number of benzene rings is 2. The zero-order valence-corrected chi connectivity index (χ0v) is 13.0. The first-order valence-electron chi connectivity index (χ1n) is 8.39. The van der Waals surface area contributed by atoms with E-state index in [0.29, 0.717) is 0 Å². The van der Waals surface area contributed by atoms with Gasteiger partial charge in [-0.2, -0.15) is 0 Å². The van der Waals surface area contributed by atoms with Crippen LogP contribution in [0.25, 0.3) is 10.9 Å². The molecule has 1 aromatic heterocycles. The van der Waals surface area contributed by atoms with Gasteiger partial charge in [-0.05, 0) is 35.6 Å². The van der Waals surface area contributed by atoms with Gasteiger partial charge in [-0.25, -0.2) is 0 Å². The number of nitrogens with zero attached hydrogens (tertiary/aromatic N) is 1. The molecule has 0 fully saturated rings. The number of H-pyrrole nitrogens is 1. The van der Waals surface area contributed by atoms with Gasteiger partial charge >= 0.3 is 0 Å². The van der Waals surface area contributed by atoms with E-state index in [-0.39, 0.29) is 12.1 Å². The van der Waals surface area contributed by atoms with Crippen molar-refractivity contribution >= 4 is 10.9 Å². The number of hydrogen-bond acceptors (Lipinski definition) is 2. The summed E-state index contributed by atoms with van der Waals surface area (Å²) in [6.45, 7) is 1.92. The van der Waals surface area contributed by atoms with Crippen molar-refractivity contribution in [1.29, 1.82) is 0 Å². The number of aliphatic hydroxyl groups is 1. The minimum Gasteiger partial charge on any atom is -0.387 e. The van der Waals surface area contributed by atoms with Gasteiger partial charge in [0.1, 0.15) is 0 Å². The highest BCUT2D eigenvalue weighted by atomic mass is 16.3. The second-order valence-electron chi connectivity index (χ2n) is 6.76. The number of hydrogen-bond donors (Lipinski definition) is 2. The van der Waals surface area contributed by atoms with Gasteiger partial charge in [-0.15, -0.1) is 0 Å². The van der Waals surface area contributed by atoms with Crippen LogP contribution in [-0.4, -0.2) is 27.6 Å². The average molecular weight is 304 g/mol. The zero-order valence-electron chi connectivity index (χ0n) is 13.0. The fourth-order valence-electron chi connectivity index (χ4n) is 4.38. The van der Waals surface area contributed by atoms with Crippen LogP contribution in [0.3, 0.4) is 0 Å². The van der Waals surface area contributed by atoms with E-state index in [0.717, 1.165) is 31.5 Å². The molecule has 2 unspecified atom stereocenters. The van der Waals surface area contributed by atoms with E-state index < -0.39 is 0 Å². The van der Waals surface area contributed by atoms with Gasteiger partial charge in [0.2, 0.25) is 0 Å². The molecule has 2 atom stereocenters. The second kappa shape index (κ2) is 4.95. The summed E-state index contributed by atoms with van der Waals surface area (Å²) in [5.74, 6) is 0. The summed E-state index contributed by atoms with van der Waals surface area (Å²) >= 11 is 0. The first kappa shape index (κ1) is 13.3. The van der Waals surface area contributed by atoms with Gasteiger partial charge in [-0.3, -0.25) is 4.90 Å². The summed E-state index contributed by atoms with van der Waals surface area (Å²) < 4.78 is 0. The summed E-state index contributed by atoms with van der Waals surface area (Å²) in [5.41, 5.74) is 6.42. The average Bonchev–Trinajstić information content (AvgIpc) is 3.12. The van der Waals surface area contributed by atoms with Crippen molar-refractivity contribution in [3.05, 3.63) is 70.9 Å². The van der Waals surface area contributed by atoms with Crippen molar-refractivity contribution in [2.45, 2.75) is 31.5 Å². The van der Waals surface area contributed by atoms with E-state index in [9.17, 15) is 5.11 Å². The molecule has 1 aliphatic carbocycles. The van der Waals surface area contributed by atoms with Crippen LogP contribution in [0.15, 0.2) is 48.5 Å². The fraction of sp³-hybridized carbons (Fsp3) is 0.300. The topological polar surface area (TPSA) is 39.3 Å². The Morgan fingerprint density at radius 1 is 1.04 bits per heavy atom. The molecule has 2 heterocycles. The summed E-state index contributed by atoms with van der Waals surface area (Å²) in [6, 6.07) is 17.1. The number of nitrogens with one attached hydrogen (secondary N) is 1. The van der Waals surface area contributed by atoms with Gasteiger partial charge in [0.25, 0.3) is 0 Å². The van der Waals surface area contributed by atoms with Crippen molar-refractivity contribution in [3.8, 4) is 0 Å². The quantitative estimate of drug-likeness (QED) is 0.725. The number of aliphatic hydroxyl groups excluding tert-OH is 1. The molecule has 2 N–H and O–H groups in total. The highest BCUT2D eigenvalue weighted by Gasteiger charge is 2.36. The molecule has 3 heteroatoms. The predicted octanol–water partition coefficient (Wildman–Crippen LogP) is 3.18. The Labute approximate surface area is 135 Å². The fourth-order valence-corrected chi connectivity index (χ4v) is 4.38. The maximum atomic E-state index is 10.7. The van der Waals surface area contributed by atoms with Crippen LogP contribution in [-0.2, 0) is 19.4 Å². The molecule has 5 rings (SSSR count). The first-order valence-corrected chi connectivity index (χ1v) is 8.39. The second-order valence-corrected chi connectivity index (χ2v) is 6.76. The SMILES string of the molecule is OC1c2ccccc2CC1N1CCc2c([nH]c3ccccc23)C1. The van der Waals surface area contributed by atoms with Gasteiger partial charge in [0, 0.05) is 35.7 Å². The number of para-hydroxylation sites is 1. The molecule has 0 saturated carbocycles. The Balaban J connectivity index is 1.46. The Hall–Kier alpha value is -2.10. The lowest BCUT2D eigenvalue weighted by atomic mass is 10.0. The van der Waals surface area contributed by atoms with E-state index in [2.05, 4.69) is 52.3 Å². The van der Waals surface area contributed by atoms with E-state index in [1.165, 1.54) is 27.7 Å². The van der Waals surface area contributed by atoms with Crippen LogP contribution < -0.4 is 0 Å². The summed E-state index contributed by atoms with van der Waals surface area (Å²) in [6.07, 6.45) is 1.64. The molecular formula is C20H20N2O. The zero-order chi connectivity index (χ0) is 15.4. The standard InChI is InChI=1S/C20H20N2O/c23-20-14-6-2-1-5-13(14)11-19(20)22-10-9-16-15-7-3-4-8-17(15)21-18(16)12-22/h1-8,19-21,23H,9-12H2. The summed E-state index contributed by atoms with van der Waals surface area (Å²) in [7, 11) is 0. The van der Waals surface area contributed by atoms with Crippen LogP contribution in [0.1, 0.15) is 28.5 Å². The lowest BCUT2D eigenvalue weighted by molar-refractivity contribution is 0.0521. The number of aromatic nitrogens is 1. The monoisotopic (exact) mass is 304 g/mol. The smallest absolute Gasteiger partial charge is 0.0951 e. The molecule has 2 aliphatic rings. The largest absolute Gasteiger partial charge is 0.387 e. The van der Waals surface area contributed by atoms with Gasteiger partial charge in [0.05, 0.1) is 6.10 Å². The molecule has 1 aliphatic heterocycles. The maximum Gasteiger partial charge on any atom is 0.0951 e. The predicted molar refractivity (Wildman–Crippen MR) is 91.3 cm³/mol.